The highest BCUT2D eigenvalue weighted by Gasteiger charge is 2.21. The van der Waals surface area contributed by atoms with E-state index in [-0.39, 0.29) is 6.10 Å². The Morgan fingerprint density at radius 2 is 1.92 bits per heavy atom. The lowest BCUT2D eigenvalue weighted by Gasteiger charge is -2.25. The molecule has 0 aromatic heterocycles. The summed E-state index contributed by atoms with van der Waals surface area (Å²) in [5.41, 5.74) is 5.60. The number of allylic oxidation sites excluding steroid dienone is 4. The van der Waals surface area contributed by atoms with E-state index in [1.165, 1.54) is 22.3 Å². The lowest BCUT2D eigenvalue weighted by atomic mass is 9.98. The fraction of sp³-hybridized carbons (Fsp3) is 0.429. The highest BCUT2D eigenvalue weighted by molar-refractivity contribution is 6.30. The number of fused-ring (bicyclic) bond motifs is 2. The average molecular weight is 343 g/mol. The quantitative estimate of drug-likeness (QED) is 0.767. The average Bonchev–Trinajstić information content (AvgIpc) is 2.87. The van der Waals surface area contributed by atoms with E-state index in [0.29, 0.717) is 6.10 Å². The van der Waals surface area contributed by atoms with E-state index in [1.807, 2.05) is 6.07 Å². The highest BCUT2D eigenvalue weighted by Crippen LogP contribution is 2.32. The zero-order valence-corrected chi connectivity index (χ0v) is 14.6. The number of hydrogen-bond acceptors (Lipinski definition) is 2. The first kappa shape index (κ1) is 16.1. The van der Waals surface area contributed by atoms with Gasteiger partial charge in [-0.2, -0.15) is 0 Å². The minimum absolute atomic E-state index is 0.0710. The summed E-state index contributed by atoms with van der Waals surface area (Å²) < 4.78 is 11.7. The Balaban J connectivity index is 1.53. The number of benzene rings is 1. The second kappa shape index (κ2) is 7.26. The van der Waals surface area contributed by atoms with E-state index >= 15 is 0 Å². The molecule has 1 aliphatic heterocycles. The standard InChI is InChI=1S/C21H23ClO2/c22-19-7-6-16-12-15-2-1-3-21(24-20-8-10-23-11-9-20)14-18(15)5-4-17(16)13-19/h1-3,6-7,13-14,20-21H,4-5,8-12H2. The molecule has 1 heterocycles. The molecule has 24 heavy (non-hydrogen) atoms. The van der Waals surface area contributed by atoms with Crippen LogP contribution in [0.5, 0.6) is 0 Å². The van der Waals surface area contributed by atoms with E-state index in [0.717, 1.165) is 50.3 Å². The maximum Gasteiger partial charge on any atom is 0.0950 e. The van der Waals surface area contributed by atoms with Gasteiger partial charge >= 0.3 is 0 Å². The van der Waals surface area contributed by atoms with Crippen LogP contribution >= 0.6 is 11.6 Å². The molecule has 2 aliphatic carbocycles. The summed E-state index contributed by atoms with van der Waals surface area (Å²) in [6.45, 7) is 1.63. The summed E-state index contributed by atoms with van der Waals surface area (Å²) >= 11 is 6.17. The van der Waals surface area contributed by atoms with Crippen LogP contribution in [-0.2, 0) is 22.3 Å². The van der Waals surface area contributed by atoms with Crippen molar-refractivity contribution in [3.8, 4) is 0 Å². The van der Waals surface area contributed by atoms with Crippen molar-refractivity contribution in [2.24, 2.45) is 0 Å². The number of ether oxygens (including phenoxy) is 2. The molecule has 1 saturated heterocycles. The van der Waals surface area contributed by atoms with Gasteiger partial charge in [0.1, 0.15) is 0 Å². The molecule has 126 valence electrons. The van der Waals surface area contributed by atoms with E-state index in [1.54, 1.807) is 0 Å². The first-order chi connectivity index (χ1) is 11.8. The third-order valence-electron chi connectivity index (χ3n) is 5.11. The Hall–Kier alpha value is -1.35. The molecule has 3 heteroatoms. The van der Waals surface area contributed by atoms with Crippen LogP contribution in [0.2, 0.25) is 5.02 Å². The molecular weight excluding hydrogens is 320 g/mol. The Morgan fingerprint density at radius 1 is 1.04 bits per heavy atom. The summed E-state index contributed by atoms with van der Waals surface area (Å²) in [5.74, 6) is 0. The smallest absolute Gasteiger partial charge is 0.0950 e. The van der Waals surface area contributed by atoms with Gasteiger partial charge in [-0.25, -0.2) is 0 Å². The van der Waals surface area contributed by atoms with Gasteiger partial charge in [0.25, 0.3) is 0 Å². The maximum atomic E-state index is 6.30. The van der Waals surface area contributed by atoms with Crippen molar-refractivity contribution in [3.63, 3.8) is 0 Å². The lowest BCUT2D eigenvalue weighted by Crippen LogP contribution is -2.27. The minimum Gasteiger partial charge on any atom is -0.381 e. The molecule has 3 aliphatic rings. The Kier molecular flexibility index (Phi) is 4.88. The van der Waals surface area contributed by atoms with Crippen LogP contribution in [0.3, 0.4) is 0 Å². The Labute approximate surface area is 148 Å². The molecule has 0 amide bonds. The molecule has 0 spiro atoms. The van der Waals surface area contributed by atoms with Gasteiger partial charge in [-0.05, 0) is 72.6 Å². The van der Waals surface area contributed by atoms with Gasteiger partial charge in [0.15, 0.2) is 0 Å². The van der Waals surface area contributed by atoms with Crippen LogP contribution in [0, 0.1) is 0 Å². The number of halogens is 1. The van der Waals surface area contributed by atoms with Crippen LogP contribution in [0.15, 0.2) is 53.6 Å². The molecule has 1 fully saturated rings. The first-order valence-corrected chi connectivity index (χ1v) is 9.25. The zero-order chi connectivity index (χ0) is 16.4. The van der Waals surface area contributed by atoms with Gasteiger partial charge < -0.3 is 9.47 Å². The number of hydrogen-bond donors (Lipinski definition) is 0. The summed E-state index contributed by atoms with van der Waals surface area (Å²) in [6.07, 6.45) is 14.4. The van der Waals surface area contributed by atoms with Gasteiger partial charge in [-0.3, -0.25) is 0 Å². The topological polar surface area (TPSA) is 18.5 Å². The predicted molar refractivity (Wildman–Crippen MR) is 97.5 cm³/mol. The van der Waals surface area contributed by atoms with Gasteiger partial charge in [0.2, 0.25) is 0 Å². The third-order valence-corrected chi connectivity index (χ3v) is 5.34. The number of aryl methyl sites for hydroxylation is 1. The van der Waals surface area contributed by atoms with Crippen molar-refractivity contribution in [3.05, 3.63) is 69.8 Å². The molecule has 0 bridgehead atoms. The van der Waals surface area contributed by atoms with Crippen molar-refractivity contribution in [2.45, 2.75) is 44.3 Å². The maximum absolute atomic E-state index is 6.30. The normalized spacial score (nSPS) is 24.3. The molecule has 0 saturated carbocycles. The lowest BCUT2D eigenvalue weighted by molar-refractivity contribution is -0.0408. The van der Waals surface area contributed by atoms with Gasteiger partial charge in [0, 0.05) is 18.2 Å². The van der Waals surface area contributed by atoms with Crippen molar-refractivity contribution in [1.29, 1.82) is 0 Å². The summed E-state index contributed by atoms with van der Waals surface area (Å²) in [6, 6.07) is 6.29. The molecule has 1 aromatic rings. The summed E-state index contributed by atoms with van der Waals surface area (Å²) in [5, 5.41) is 0.833. The SMILES string of the molecule is Clc1ccc2c(c1)CCC1=CC(OC3CCOCC3)C=CC=C1C2. The highest BCUT2D eigenvalue weighted by atomic mass is 35.5. The minimum atomic E-state index is 0.0710. The first-order valence-electron chi connectivity index (χ1n) is 8.87. The zero-order valence-electron chi connectivity index (χ0n) is 13.8. The molecule has 0 radical (unpaired) electrons. The molecule has 0 N–H and O–H groups in total. The number of rotatable bonds is 2. The van der Waals surface area contributed by atoms with E-state index < -0.39 is 0 Å². The fourth-order valence-electron chi connectivity index (χ4n) is 3.76. The molecule has 1 unspecified atom stereocenters. The molecule has 2 nitrogen and oxygen atoms in total. The summed E-state index contributed by atoms with van der Waals surface area (Å²) in [4.78, 5) is 0. The van der Waals surface area contributed by atoms with Crippen LogP contribution in [-0.4, -0.2) is 25.4 Å². The van der Waals surface area contributed by atoms with Gasteiger partial charge in [-0.1, -0.05) is 35.9 Å². The second-order valence-electron chi connectivity index (χ2n) is 6.77. The van der Waals surface area contributed by atoms with Crippen molar-refractivity contribution in [1.82, 2.24) is 0 Å². The fourth-order valence-corrected chi connectivity index (χ4v) is 3.95. The van der Waals surface area contributed by atoms with Crippen LogP contribution in [0.1, 0.15) is 30.4 Å². The van der Waals surface area contributed by atoms with Crippen molar-refractivity contribution in [2.75, 3.05) is 13.2 Å². The second-order valence-corrected chi connectivity index (χ2v) is 7.21. The van der Waals surface area contributed by atoms with Crippen LogP contribution in [0.25, 0.3) is 0 Å². The van der Waals surface area contributed by atoms with E-state index in [9.17, 15) is 0 Å². The van der Waals surface area contributed by atoms with Crippen LogP contribution in [0.4, 0.5) is 0 Å². The Morgan fingerprint density at radius 3 is 2.79 bits per heavy atom. The predicted octanol–water partition coefficient (Wildman–Crippen LogP) is 4.82. The van der Waals surface area contributed by atoms with E-state index in [4.69, 9.17) is 21.1 Å². The molecule has 1 aromatic carbocycles. The molecular formula is C21H23ClO2. The van der Waals surface area contributed by atoms with Crippen molar-refractivity contribution < 1.29 is 9.47 Å². The molecule has 4 rings (SSSR count). The monoisotopic (exact) mass is 342 g/mol. The van der Waals surface area contributed by atoms with E-state index in [2.05, 4.69) is 36.4 Å². The third kappa shape index (κ3) is 3.66. The van der Waals surface area contributed by atoms with Crippen LogP contribution < -0.4 is 0 Å². The van der Waals surface area contributed by atoms with Gasteiger partial charge in [0.05, 0.1) is 12.2 Å². The largest absolute Gasteiger partial charge is 0.381 e. The molecule has 1 atom stereocenters. The van der Waals surface area contributed by atoms with Crippen molar-refractivity contribution >= 4 is 11.6 Å². The summed E-state index contributed by atoms with van der Waals surface area (Å²) in [7, 11) is 0. The Bertz CT molecular complexity index is 696. The van der Waals surface area contributed by atoms with Gasteiger partial charge in [-0.15, -0.1) is 0 Å².